The average molecular weight is 285 g/mol. The van der Waals surface area contributed by atoms with Crippen LogP contribution in [0.25, 0.3) is 0 Å². The lowest BCUT2D eigenvalue weighted by molar-refractivity contribution is -0.142. The van der Waals surface area contributed by atoms with E-state index >= 15 is 0 Å². The van der Waals surface area contributed by atoms with Crippen molar-refractivity contribution in [2.45, 2.75) is 19.8 Å². The number of esters is 1. The second-order valence-corrected chi connectivity index (χ2v) is 6.70. The highest BCUT2D eigenvalue weighted by molar-refractivity contribution is 7.91. The second kappa shape index (κ2) is 7.13. The average Bonchev–Trinajstić information content (AvgIpc) is 2.38. The number of ether oxygens (including phenoxy) is 1. The molecule has 106 valence electrons. The molecular weight excluding hydrogens is 266 g/mol. The van der Waals surface area contributed by atoms with Gasteiger partial charge in [0.05, 0.1) is 18.8 Å². The summed E-state index contributed by atoms with van der Waals surface area (Å²) in [6.07, 6.45) is 0.504. The Hall–Kier alpha value is -1.56. The summed E-state index contributed by atoms with van der Waals surface area (Å²) in [5.41, 5.74) is 7.00. The van der Waals surface area contributed by atoms with Crippen molar-refractivity contribution >= 4 is 21.5 Å². The Morgan fingerprint density at radius 1 is 1.26 bits per heavy atom. The lowest BCUT2D eigenvalue weighted by atomic mass is 10.1. The first-order valence-electron chi connectivity index (χ1n) is 6.13. The first-order valence-corrected chi connectivity index (χ1v) is 7.95. The van der Waals surface area contributed by atoms with Crippen LogP contribution in [0.3, 0.4) is 0 Å². The van der Waals surface area contributed by atoms with Crippen LogP contribution in [0.2, 0.25) is 0 Å². The van der Waals surface area contributed by atoms with Crippen molar-refractivity contribution in [2.75, 3.05) is 23.8 Å². The fourth-order valence-electron chi connectivity index (χ4n) is 1.46. The molecule has 0 spiro atoms. The van der Waals surface area contributed by atoms with E-state index in [1.54, 1.807) is 31.2 Å². The van der Waals surface area contributed by atoms with Gasteiger partial charge in [0.2, 0.25) is 0 Å². The van der Waals surface area contributed by atoms with Gasteiger partial charge >= 0.3 is 5.97 Å². The normalized spacial score (nSPS) is 11.2. The molecule has 0 radical (unpaired) electrons. The zero-order valence-electron chi connectivity index (χ0n) is 11.0. The molecule has 0 fully saturated rings. The minimum absolute atomic E-state index is 0.0542. The van der Waals surface area contributed by atoms with Gasteiger partial charge in [0.25, 0.3) is 0 Å². The maximum Gasteiger partial charge on any atom is 0.310 e. The van der Waals surface area contributed by atoms with E-state index in [2.05, 4.69) is 0 Å². The standard InChI is InChI=1S/C13H19NO4S/c1-2-19(16,17)9-3-8-18-13(15)10-11-4-6-12(14)7-5-11/h4-7H,2-3,8-10,14H2,1H3. The number of carbonyl (C=O) groups is 1. The van der Waals surface area contributed by atoms with E-state index < -0.39 is 9.84 Å². The quantitative estimate of drug-likeness (QED) is 0.462. The Morgan fingerprint density at radius 2 is 1.89 bits per heavy atom. The Labute approximate surface area is 113 Å². The molecule has 0 atom stereocenters. The second-order valence-electron chi connectivity index (χ2n) is 4.23. The predicted octanol–water partition coefficient (Wildman–Crippen LogP) is 1.18. The Bertz CT molecular complexity index is 508. The van der Waals surface area contributed by atoms with E-state index in [1.807, 2.05) is 0 Å². The van der Waals surface area contributed by atoms with Gasteiger partial charge in [-0.05, 0) is 24.1 Å². The van der Waals surface area contributed by atoms with Gasteiger partial charge in [0, 0.05) is 11.4 Å². The summed E-state index contributed by atoms with van der Waals surface area (Å²) in [6, 6.07) is 6.96. The predicted molar refractivity (Wildman–Crippen MR) is 74.5 cm³/mol. The molecule has 0 bridgehead atoms. The molecule has 0 heterocycles. The number of nitrogens with two attached hydrogens (primary N) is 1. The molecule has 1 aromatic carbocycles. The summed E-state index contributed by atoms with van der Waals surface area (Å²) in [4.78, 5) is 11.5. The van der Waals surface area contributed by atoms with Crippen molar-refractivity contribution in [2.24, 2.45) is 0 Å². The third-order valence-electron chi connectivity index (χ3n) is 2.63. The van der Waals surface area contributed by atoms with Gasteiger partial charge < -0.3 is 10.5 Å². The molecule has 2 N–H and O–H groups in total. The molecule has 5 nitrogen and oxygen atoms in total. The van der Waals surface area contributed by atoms with Gasteiger partial charge in [-0.2, -0.15) is 0 Å². The van der Waals surface area contributed by atoms with E-state index in [9.17, 15) is 13.2 Å². The van der Waals surface area contributed by atoms with Crippen LogP contribution in [0.5, 0.6) is 0 Å². The first-order chi connectivity index (χ1) is 8.93. The topological polar surface area (TPSA) is 86.5 Å². The Morgan fingerprint density at radius 3 is 2.47 bits per heavy atom. The molecular formula is C13H19NO4S. The molecule has 1 aromatic rings. The van der Waals surface area contributed by atoms with Gasteiger partial charge in [0.15, 0.2) is 0 Å². The van der Waals surface area contributed by atoms with Gasteiger partial charge in [-0.25, -0.2) is 8.42 Å². The van der Waals surface area contributed by atoms with E-state index in [0.29, 0.717) is 12.1 Å². The Kier molecular flexibility index (Phi) is 5.82. The molecule has 0 aliphatic rings. The lowest BCUT2D eigenvalue weighted by Gasteiger charge is -2.05. The van der Waals surface area contributed by atoms with Crippen LogP contribution in [0.4, 0.5) is 5.69 Å². The molecule has 0 saturated carbocycles. The van der Waals surface area contributed by atoms with Crippen LogP contribution in [-0.4, -0.2) is 32.5 Å². The van der Waals surface area contributed by atoms with Crippen molar-refractivity contribution in [1.29, 1.82) is 0 Å². The molecule has 0 aliphatic carbocycles. The van der Waals surface area contributed by atoms with Gasteiger partial charge in [-0.15, -0.1) is 0 Å². The molecule has 0 saturated heterocycles. The van der Waals surface area contributed by atoms with Crippen LogP contribution >= 0.6 is 0 Å². The third-order valence-corrected chi connectivity index (χ3v) is 4.42. The largest absolute Gasteiger partial charge is 0.465 e. The fraction of sp³-hybridized carbons (Fsp3) is 0.462. The highest BCUT2D eigenvalue weighted by atomic mass is 32.2. The van der Waals surface area contributed by atoms with Crippen molar-refractivity contribution in [1.82, 2.24) is 0 Å². The highest BCUT2D eigenvalue weighted by Crippen LogP contribution is 2.07. The number of carbonyl (C=O) groups excluding carboxylic acids is 1. The smallest absolute Gasteiger partial charge is 0.310 e. The van der Waals surface area contributed by atoms with Crippen LogP contribution in [0, 0.1) is 0 Å². The van der Waals surface area contributed by atoms with Crippen LogP contribution in [0.15, 0.2) is 24.3 Å². The van der Waals surface area contributed by atoms with Gasteiger partial charge in [-0.1, -0.05) is 19.1 Å². The summed E-state index contributed by atoms with van der Waals surface area (Å²) in [5, 5.41) is 0. The van der Waals surface area contributed by atoms with E-state index in [1.165, 1.54) is 0 Å². The van der Waals surface area contributed by atoms with Crippen LogP contribution in [-0.2, 0) is 25.8 Å². The lowest BCUT2D eigenvalue weighted by Crippen LogP contribution is -2.14. The van der Waals surface area contributed by atoms with Gasteiger partial charge in [-0.3, -0.25) is 4.79 Å². The zero-order chi connectivity index (χ0) is 14.3. The molecule has 1 rings (SSSR count). The SMILES string of the molecule is CCS(=O)(=O)CCCOC(=O)Cc1ccc(N)cc1. The van der Waals surface area contributed by atoms with Crippen molar-refractivity contribution in [3.8, 4) is 0 Å². The zero-order valence-corrected chi connectivity index (χ0v) is 11.8. The number of benzene rings is 1. The number of hydrogen-bond acceptors (Lipinski definition) is 5. The third kappa shape index (κ3) is 6.24. The maximum atomic E-state index is 11.5. The fourth-order valence-corrected chi connectivity index (χ4v) is 2.31. The van der Waals surface area contributed by atoms with E-state index in [-0.39, 0.29) is 30.5 Å². The molecule has 0 aliphatic heterocycles. The Balaban J connectivity index is 2.27. The van der Waals surface area contributed by atoms with Crippen LogP contribution < -0.4 is 5.73 Å². The summed E-state index contributed by atoms with van der Waals surface area (Å²) in [7, 11) is -2.99. The minimum Gasteiger partial charge on any atom is -0.465 e. The molecule has 0 amide bonds. The monoisotopic (exact) mass is 285 g/mol. The van der Waals surface area contributed by atoms with Crippen LogP contribution in [0.1, 0.15) is 18.9 Å². The number of nitrogen functional groups attached to an aromatic ring is 1. The summed E-state index contributed by atoms with van der Waals surface area (Å²) >= 11 is 0. The summed E-state index contributed by atoms with van der Waals surface area (Å²) in [5.74, 6) is -0.191. The number of hydrogen-bond donors (Lipinski definition) is 1. The molecule has 6 heteroatoms. The van der Waals surface area contributed by atoms with Gasteiger partial charge in [0.1, 0.15) is 9.84 Å². The summed E-state index contributed by atoms with van der Waals surface area (Å²) in [6.45, 7) is 1.73. The minimum atomic E-state index is -2.99. The van der Waals surface area contributed by atoms with E-state index in [0.717, 1.165) is 5.56 Å². The first kappa shape index (κ1) is 15.5. The van der Waals surface area contributed by atoms with E-state index in [4.69, 9.17) is 10.5 Å². The maximum absolute atomic E-state index is 11.5. The van der Waals surface area contributed by atoms with Crippen molar-refractivity contribution in [3.05, 3.63) is 29.8 Å². The van der Waals surface area contributed by atoms with Crippen molar-refractivity contribution < 1.29 is 17.9 Å². The van der Waals surface area contributed by atoms with Crippen molar-refractivity contribution in [3.63, 3.8) is 0 Å². The molecule has 0 aromatic heterocycles. The number of rotatable bonds is 7. The molecule has 19 heavy (non-hydrogen) atoms. The highest BCUT2D eigenvalue weighted by Gasteiger charge is 2.08. The number of sulfone groups is 1. The number of anilines is 1. The molecule has 0 unspecified atom stereocenters. The summed E-state index contributed by atoms with van der Waals surface area (Å²) < 4.78 is 27.4.